The Morgan fingerprint density at radius 3 is 2.50 bits per heavy atom. The predicted octanol–water partition coefficient (Wildman–Crippen LogP) is 1.70. The minimum absolute atomic E-state index is 0.0482. The minimum Gasteiger partial charge on any atom is -0.475 e. The molecule has 1 atom stereocenters. The first-order valence-electron chi connectivity index (χ1n) is 9.60. The number of likely N-dealkylation sites (tertiary alicyclic amines) is 1. The van der Waals surface area contributed by atoms with Crippen LogP contribution in [0.5, 0.6) is 6.01 Å². The molecule has 0 bridgehead atoms. The fourth-order valence-electron chi connectivity index (χ4n) is 3.88. The van der Waals surface area contributed by atoms with Crippen molar-refractivity contribution in [2.24, 2.45) is 11.8 Å². The lowest BCUT2D eigenvalue weighted by Gasteiger charge is -2.50. The molecule has 1 saturated carbocycles. The summed E-state index contributed by atoms with van der Waals surface area (Å²) in [5, 5.41) is 7.12. The summed E-state index contributed by atoms with van der Waals surface area (Å²) in [6.07, 6.45) is -0.133. The zero-order valence-electron chi connectivity index (χ0n) is 16.4. The Kier molecular flexibility index (Phi) is 6.28. The van der Waals surface area contributed by atoms with Gasteiger partial charge in [0.15, 0.2) is 9.84 Å². The number of alkyl halides is 3. The molecule has 4 rings (SSSR count). The van der Waals surface area contributed by atoms with Gasteiger partial charge in [-0.1, -0.05) is 0 Å². The fourth-order valence-corrected chi connectivity index (χ4v) is 6.34. The van der Waals surface area contributed by atoms with Crippen LogP contribution in [0.15, 0.2) is 12.3 Å². The molecule has 0 aromatic carbocycles. The van der Waals surface area contributed by atoms with Gasteiger partial charge in [-0.3, -0.25) is 4.90 Å². The fraction of sp³-hybridized carbons (Fsp3) is 0.722. The van der Waals surface area contributed by atoms with E-state index < -0.39 is 26.7 Å². The lowest BCUT2D eigenvalue weighted by Crippen LogP contribution is -2.67. The number of ether oxygens (including phenoxy) is 1. The lowest BCUT2D eigenvalue weighted by molar-refractivity contribution is -0.192. The Bertz CT molecular complexity index is 883. The number of halogens is 3. The molecule has 2 aliphatic heterocycles. The van der Waals surface area contributed by atoms with E-state index in [-0.39, 0.29) is 11.7 Å². The van der Waals surface area contributed by atoms with E-state index in [1.54, 1.807) is 6.20 Å². The van der Waals surface area contributed by atoms with Crippen molar-refractivity contribution in [2.45, 2.75) is 37.1 Å². The number of carboxylic acids is 1. The highest BCUT2D eigenvalue weighted by molar-refractivity contribution is 7.93. The van der Waals surface area contributed by atoms with E-state index in [4.69, 9.17) is 14.6 Å². The molecule has 1 aliphatic carbocycles. The summed E-state index contributed by atoms with van der Waals surface area (Å²) in [6, 6.07) is 2.16. The van der Waals surface area contributed by atoms with Gasteiger partial charge >= 0.3 is 18.2 Å². The minimum atomic E-state index is -5.08. The van der Waals surface area contributed by atoms with E-state index in [1.807, 2.05) is 13.0 Å². The van der Waals surface area contributed by atoms with E-state index >= 15 is 0 Å². The zero-order chi connectivity index (χ0) is 22.2. The maximum Gasteiger partial charge on any atom is 0.490 e. The normalized spacial score (nSPS) is 24.6. The number of aryl methyl sites for hydroxylation is 1. The van der Waals surface area contributed by atoms with E-state index in [9.17, 15) is 21.6 Å². The molecule has 168 valence electrons. The van der Waals surface area contributed by atoms with Gasteiger partial charge in [-0.2, -0.15) is 13.2 Å². The molecule has 1 unspecified atom stereocenters. The van der Waals surface area contributed by atoms with Crippen LogP contribution >= 0.6 is 0 Å². The van der Waals surface area contributed by atoms with E-state index in [0.717, 1.165) is 18.2 Å². The van der Waals surface area contributed by atoms with Gasteiger partial charge in [0.05, 0.1) is 12.4 Å². The molecule has 1 aromatic heterocycles. The second-order valence-electron chi connectivity index (χ2n) is 8.08. The Hall–Kier alpha value is -1.95. The monoisotopic (exact) mass is 451 g/mol. The van der Waals surface area contributed by atoms with Gasteiger partial charge in [-0.25, -0.2) is 23.2 Å². The summed E-state index contributed by atoms with van der Waals surface area (Å²) in [4.78, 5) is 19.5. The standard InChI is InChI=1S/C16H23N3O3S.C2HF3O2/c1-12-4-6-17-15(18-12)22-9-14-5-7-23(20,21)16(14)10-19(11-16)8-13-2-3-13;3-2(4,5)1(6)7/h4,6,13-14H,2-3,5,7-11H2,1H3;(H,6,7). The summed E-state index contributed by atoms with van der Waals surface area (Å²) in [6.45, 7) is 4.69. The lowest BCUT2D eigenvalue weighted by atomic mass is 9.83. The van der Waals surface area contributed by atoms with Crippen LogP contribution in [0.1, 0.15) is 25.0 Å². The Morgan fingerprint density at radius 2 is 1.97 bits per heavy atom. The number of aliphatic carboxylic acids is 1. The predicted molar refractivity (Wildman–Crippen MR) is 99.7 cm³/mol. The van der Waals surface area contributed by atoms with Crippen molar-refractivity contribution in [3.05, 3.63) is 18.0 Å². The van der Waals surface area contributed by atoms with Gasteiger partial charge < -0.3 is 9.84 Å². The van der Waals surface area contributed by atoms with Crippen LogP contribution in [0, 0.1) is 18.8 Å². The molecular weight excluding hydrogens is 427 g/mol. The molecule has 1 spiro atoms. The maximum atomic E-state index is 12.6. The molecule has 30 heavy (non-hydrogen) atoms. The van der Waals surface area contributed by atoms with Crippen LogP contribution in [0.3, 0.4) is 0 Å². The zero-order valence-corrected chi connectivity index (χ0v) is 17.2. The number of carboxylic acid groups (broad SMARTS) is 1. The number of carbonyl (C=O) groups is 1. The number of aromatic nitrogens is 2. The summed E-state index contributed by atoms with van der Waals surface area (Å²) >= 11 is 0. The van der Waals surface area contributed by atoms with Crippen molar-refractivity contribution in [3.8, 4) is 6.01 Å². The largest absolute Gasteiger partial charge is 0.490 e. The molecule has 2 saturated heterocycles. The van der Waals surface area contributed by atoms with E-state index in [2.05, 4.69) is 14.9 Å². The Labute approximate surface area is 172 Å². The average molecular weight is 451 g/mol. The van der Waals surface area contributed by atoms with Crippen LogP contribution in [-0.4, -0.2) is 77.3 Å². The highest BCUT2D eigenvalue weighted by atomic mass is 32.2. The first kappa shape index (κ1) is 22.7. The third kappa shape index (κ3) is 5.02. The number of sulfone groups is 1. The van der Waals surface area contributed by atoms with Crippen LogP contribution in [0.25, 0.3) is 0 Å². The van der Waals surface area contributed by atoms with Crippen molar-refractivity contribution in [1.82, 2.24) is 14.9 Å². The second kappa shape index (κ2) is 8.29. The molecule has 12 heteroatoms. The first-order valence-corrected chi connectivity index (χ1v) is 11.3. The van der Waals surface area contributed by atoms with Crippen LogP contribution in [-0.2, 0) is 14.6 Å². The van der Waals surface area contributed by atoms with Gasteiger partial charge in [0, 0.05) is 37.4 Å². The number of nitrogens with zero attached hydrogens (tertiary/aromatic N) is 3. The Morgan fingerprint density at radius 1 is 1.33 bits per heavy atom. The quantitative estimate of drug-likeness (QED) is 0.721. The van der Waals surface area contributed by atoms with E-state index in [0.29, 0.717) is 32.1 Å². The first-order chi connectivity index (χ1) is 13.9. The van der Waals surface area contributed by atoms with Gasteiger partial charge in [0.1, 0.15) is 4.75 Å². The highest BCUT2D eigenvalue weighted by Crippen LogP contribution is 2.46. The highest BCUT2D eigenvalue weighted by Gasteiger charge is 2.61. The number of hydrogen-bond acceptors (Lipinski definition) is 7. The van der Waals surface area contributed by atoms with Crippen molar-refractivity contribution in [1.29, 1.82) is 0 Å². The van der Waals surface area contributed by atoms with Crippen LogP contribution < -0.4 is 4.74 Å². The topological polar surface area (TPSA) is 110 Å². The van der Waals surface area contributed by atoms with Crippen LogP contribution in [0.2, 0.25) is 0 Å². The van der Waals surface area contributed by atoms with Gasteiger partial charge in [0.25, 0.3) is 0 Å². The molecule has 1 aromatic rings. The Balaban J connectivity index is 0.000000318. The number of rotatable bonds is 5. The SMILES string of the molecule is Cc1ccnc(OCC2CCS(=O)(=O)C23CN(CC2CC2)C3)n1.O=C(O)C(F)(F)F. The molecule has 8 nitrogen and oxygen atoms in total. The van der Waals surface area contributed by atoms with Crippen molar-refractivity contribution < 1.29 is 36.2 Å². The number of hydrogen-bond donors (Lipinski definition) is 1. The average Bonchev–Trinajstić information content (AvgIpc) is 3.37. The van der Waals surface area contributed by atoms with Crippen LogP contribution in [0.4, 0.5) is 13.2 Å². The third-order valence-corrected chi connectivity index (χ3v) is 8.33. The third-order valence-electron chi connectivity index (χ3n) is 5.72. The molecule has 3 aliphatic rings. The molecule has 1 N–H and O–H groups in total. The summed E-state index contributed by atoms with van der Waals surface area (Å²) < 4.78 is 62.0. The molecule has 0 radical (unpaired) electrons. The molecule has 3 fully saturated rings. The van der Waals surface area contributed by atoms with Crippen molar-refractivity contribution in [2.75, 3.05) is 32.0 Å². The second-order valence-corrected chi connectivity index (χ2v) is 10.5. The molecule has 3 heterocycles. The molecular formula is C18H24F3N3O5S. The van der Waals surface area contributed by atoms with Gasteiger partial charge in [-0.05, 0) is 38.2 Å². The summed E-state index contributed by atoms with van der Waals surface area (Å²) in [7, 11) is -3.02. The van der Waals surface area contributed by atoms with Gasteiger partial charge in [-0.15, -0.1) is 0 Å². The smallest absolute Gasteiger partial charge is 0.475 e. The van der Waals surface area contributed by atoms with Gasteiger partial charge in [0.2, 0.25) is 0 Å². The van der Waals surface area contributed by atoms with E-state index in [1.165, 1.54) is 12.8 Å². The summed E-state index contributed by atoms with van der Waals surface area (Å²) in [5.41, 5.74) is 0.850. The maximum absolute atomic E-state index is 12.6. The van der Waals surface area contributed by atoms with Crippen molar-refractivity contribution >= 4 is 15.8 Å². The molecule has 0 amide bonds. The van der Waals surface area contributed by atoms with Crippen molar-refractivity contribution in [3.63, 3.8) is 0 Å². The summed E-state index contributed by atoms with van der Waals surface area (Å²) in [5.74, 6) is -1.63.